The van der Waals surface area contributed by atoms with Crippen molar-refractivity contribution in [2.24, 2.45) is 0 Å². The molecule has 0 spiro atoms. The molecule has 94 valence electrons. The number of halogens is 1. The van der Waals surface area contributed by atoms with Crippen molar-refractivity contribution in [2.45, 2.75) is 6.42 Å². The van der Waals surface area contributed by atoms with Crippen molar-refractivity contribution in [1.82, 2.24) is 4.98 Å². The van der Waals surface area contributed by atoms with Crippen molar-refractivity contribution in [2.75, 3.05) is 12.4 Å². The number of aromatic nitrogens is 1. The van der Waals surface area contributed by atoms with Gasteiger partial charge in [-0.3, -0.25) is 0 Å². The lowest BCUT2D eigenvalue weighted by Gasteiger charge is -2.04. The van der Waals surface area contributed by atoms with Crippen molar-refractivity contribution in [3.8, 4) is 5.75 Å². The van der Waals surface area contributed by atoms with Gasteiger partial charge in [-0.15, -0.1) is 0 Å². The molecule has 1 heterocycles. The van der Waals surface area contributed by atoms with E-state index >= 15 is 0 Å². The van der Waals surface area contributed by atoms with Crippen LogP contribution in [-0.2, 0) is 9.05 Å². The van der Waals surface area contributed by atoms with Crippen molar-refractivity contribution >= 4 is 25.6 Å². The summed E-state index contributed by atoms with van der Waals surface area (Å²) in [5.74, 6) is -0.645. The third kappa shape index (κ3) is 4.96. The summed E-state index contributed by atoms with van der Waals surface area (Å²) in [6.07, 6.45) is 1.42. The normalized spacial score (nSPS) is 11.1. The van der Waals surface area contributed by atoms with Crippen LogP contribution in [0.3, 0.4) is 0 Å². The topological polar surface area (TPSA) is 99.4 Å². The summed E-state index contributed by atoms with van der Waals surface area (Å²) in [5, 5.41) is 10.6. The second kappa shape index (κ2) is 5.78. The van der Waals surface area contributed by atoms with Gasteiger partial charge in [0.25, 0.3) is 0 Å². The standard InChI is InChI=1S/C8H9ClN2O5S/c9-17(14,15)6-2-5-16-7-3-1-4-10-8(7)11(12)13/h1,3-4H,2,5-6H2. The zero-order valence-corrected chi connectivity index (χ0v) is 10.1. The molecule has 1 rings (SSSR count). The molecular weight excluding hydrogens is 272 g/mol. The summed E-state index contributed by atoms with van der Waals surface area (Å²) in [6.45, 7) is 0.0124. The van der Waals surface area contributed by atoms with E-state index in [4.69, 9.17) is 15.4 Å². The number of nitro groups is 1. The Hall–Kier alpha value is -1.41. The van der Waals surface area contributed by atoms with E-state index in [1.165, 1.54) is 18.3 Å². The van der Waals surface area contributed by atoms with Crippen LogP contribution in [0.15, 0.2) is 18.3 Å². The first kappa shape index (κ1) is 13.7. The third-order valence-electron chi connectivity index (χ3n) is 1.71. The monoisotopic (exact) mass is 280 g/mol. The van der Waals surface area contributed by atoms with Gasteiger partial charge in [0.15, 0.2) is 0 Å². The predicted octanol–water partition coefficient (Wildman–Crippen LogP) is 1.33. The molecule has 7 nitrogen and oxygen atoms in total. The molecule has 0 atom stereocenters. The van der Waals surface area contributed by atoms with E-state index < -0.39 is 19.8 Å². The Morgan fingerprint density at radius 2 is 2.24 bits per heavy atom. The Kier molecular flexibility index (Phi) is 4.64. The highest BCUT2D eigenvalue weighted by atomic mass is 35.7. The zero-order valence-electron chi connectivity index (χ0n) is 8.58. The number of hydrogen-bond acceptors (Lipinski definition) is 6. The van der Waals surface area contributed by atoms with E-state index in [0.717, 1.165) is 0 Å². The second-order valence-electron chi connectivity index (χ2n) is 3.03. The van der Waals surface area contributed by atoms with Crippen LogP contribution in [0.1, 0.15) is 6.42 Å². The van der Waals surface area contributed by atoms with Crippen LogP contribution >= 0.6 is 10.7 Å². The fourth-order valence-corrected chi connectivity index (χ4v) is 1.84. The number of ether oxygens (including phenoxy) is 1. The van der Waals surface area contributed by atoms with E-state index in [1.54, 1.807) is 0 Å². The van der Waals surface area contributed by atoms with Crippen LogP contribution in [0.25, 0.3) is 0 Å². The highest BCUT2D eigenvalue weighted by Gasteiger charge is 2.15. The SMILES string of the molecule is O=[N+]([O-])c1ncccc1OCCCS(=O)(=O)Cl. The molecule has 1 aromatic heterocycles. The first-order chi connectivity index (χ1) is 7.90. The molecule has 0 saturated carbocycles. The molecule has 0 aromatic carbocycles. The molecule has 0 aliphatic heterocycles. The summed E-state index contributed by atoms with van der Waals surface area (Å²) >= 11 is 0. The molecule has 0 N–H and O–H groups in total. The van der Waals surface area contributed by atoms with Crippen molar-refractivity contribution in [3.63, 3.8) is 0 Å². The fraction of sp³-hybridized carbons (Fsp3) is 0.375. The van der Waals surface area contributed by atoms with Gasteiger partial charge in [-0.1, -0.05) is 0 Å². The van der Waals surface area contributed by atoms with E-state index in [0.29, 0.717) is 0 Å². The number of pyridine rings is 1. The van der Waals surface area contributed by atoms with E-state index in [-0.39, 0.29) is 24.5 Å². The lowest BCUT2D eigenvalue weighted by molar-refractivity contribution is -0.390. The fourth-order valence-electron chi connectivity index (χ4n) is 1.05. The zero-order chi connectivity index (χ0) is 12.9. The lowest BCUT2D eigenvalue weighted by atomic mass is 10.4. The van der Waals surface area contributed by atoms with Crippen LogP contribution in [0.5, 0.6) is 5.75 Å². The lowest BCUT2D eigenvalue weighted by Crippen LogP contribution is -2.06. The predicted molar refractivity (Wildman–Crippen MR) is 60.6 cm³/mol. The minimum absolute atomic E-state index is 0.00414. The van der Waals surface area contributed by atoms with E-state index in [1.807, 2.05) is 0 Å². The molecule has 0 unspecified atom stereocenters. The van der Waals surface area contributed by atoms with Gasteiger partial charge in [0.2, 0.25) is 14.8 Å². The quantitative estimate of drug-likeness (QED) is 0.337. The average Bonchev–Trinajstić information content (AvgIpc) is 2.23. The van der Waals surface area contributed by atoms with Crippen molar-refractivity contribution in [1.29, 1.82) is 0 Å². The van der Waals surface area contributed by atoms with Gasteiger partial charge < -0.3 is 14.9 Å². The Morgan fingerprint density at radius 1 is 1.53 bits per heavy atom. The number of nitrogens with zero attached hydrogens (tertiary/aromatic N) is 2. The van der Waals surface area contributed by atoms with E-state index in [2.05, 4.69) is 4.98 Å². The summed E-state index contributed by atoms with van der Waals surface area (Å²) in [6, 6.07) is 2.88. The molecule has 9 heteroatoms. The van der Waals surface area contributed by atoms with Gasteiger partial charge >= 0.3 is 5.82 Å². The molecule has 0 aliphatic carbocycles. The summed E-state index contributed by atoms with van der Waals surface area (Å²) < 4.78 is 26.3. The Bertz CT molecular complexity index is 504. The Balaban J connectivity index is 2.55. The summed E-state index contributed by atoms with van der Waals surface area (Å²) in [4.78, 5) is 13.4. The maximum Gasteiger partial charge on any atom is 0.406 e. The highest BCUT2D eigenvalue weighted by Crippen LogP contribution is 2.22. The first-order valence-corrected chi connectivity index (χ1v) is 7.02. The highest BCUT2D eigenvalue weighted by molar-refractivity contribution is 8.13. The number of hydrogen-bond donors (Lipinski definition) is 0. The smallest absolute Gasteiger partial charge is 0.406 e. The minimum Gasteiger partial charge on any atom is -0.486 e. The van der Waals surface area contributed by atoms with Gasteiger partial charge in [-0.2, -0.15) is 0 Å². The molecule has 0 radical (unpaired) electrons. The Labute approximate surface area is 102 Å². The van der Waals surface area contributed by atoms with Gasteiger partial charge in [-0.05, 0) is 28.5 Å². The van der Waals surface area contributed by atoms with Crippen LogP contribution < -0.4 is 4.74 Å². The van der Waals surface area contributed by atoms with Gasteiger partial charge in [-0.25, -0.2) is 8.42 Å². The van der Waals surface area contributed by atoms with Gasteiger partial charge in [0, 0.05) is 10.7 Å². The first-order valence-electron chi connectivity index (χ1n) is 4.55. The van der Waals surface area contributed by atoms with Crippen LogP contribution in [0, 0.1) is 10.1 Å². The Morgan fingerprint density at radius 3 is 2.82 bits per heavy atom. The summed E-state index contributed by atoms with van der Waals surface area (Å²) in [5.41, 5.74) is 0. The largest absolute Gasteiger partial charge is 0.486 e. The van der Waals surface area contributed by atoms with E-state index in [9.17, 15) is 18.5 Å². The number of rotatable bonds is 6. The maximum atomic E-state index is 10.6. The van der Waals surface area contributed by atoms with Gasteiger partial charge in [0.05, 0.1) is 12.4 Å². The molecular formula is C8H9ClN2O5S. The van der Waals surface area contributed by atoms with Crippen LogP contribution in [0.4, 0.5) is 5.82 Å². The molecule has 0 saturated heterocycles. The maximum absolute atomic E-state index is 10.6. The van der Waals surface area contributed by atoms with Crippen molar-refractivity contribution < 1.29 is 18.1 Å². The molecule has 0 amide bonds. The second-order valence-corrected chi connectivity index (χ2v) is 5.92. The molecule has 0 bridgehead atoms. The van der Waals surface area contributed by atoms with Gasteiger partial charge in [0.1, 0.15) is 6.20 Å². The van der Waals surface area contributed by atoms with Crippen LogP contribution in [-0.4, -0.2) is 30.7 Å². The third-order valence-corrected chi connectivity index (χ3v) is 2.95. The van der Waals surface area contributed by atoms with Crippen molar-refractivity contribution in [3.05, 3.63) is 28.4 Å². The molecule has 0 aliphatic rings. The summed E-state index contributed by atoms with van der Waals surface area (Å²) in [7, 11) is 1.43. The molecule has 0 fully saturated rings. The minimum atomic E-state index is -3.56. The molecule has 17 heavy (non-hydrogen) atoms. The van der Waals surface area contributed by atoms with Crippen LogP contribution in [0.2, 0.25) is 0 Å². The molecule has 1 aromatic rings. The average molecular weight is 281 g/mol.